The predicted octanol–water partition coefficient (Wildman–Crippen LogP) is 4.67. The lowest BCUT2D eigenvalue weighted by Gasteiger charge is -2.36. The predicted molar refractivity (Wildman–Crippen MR) is 120 cm³/mol. The molecule has 1 atom stereocenters. The summed E-state index contributed by atoms with van der Waals surface area (Å²) in [5, 5.41) is 0.721. The van der Waals surface area contributed by atoms with Crippen LogP contribution < -0.4 is 0 Å². The Bertz CT molecular complexity index is 984. The first-order chi connectivity index (χ1) is 14.7. The van der Waals surface area contributed by atoms with Crippen LogP contribution in [0.5, 0.6) is 0 Å². The van der Waals surface area contributed by atoms with Gasteiger partial charge in [0.15, 0.2) is 0 Å². The van der Waals surface area contributed by atoms with E-state index >= 15 is 0 Å². The van der Waals surface area contributed by atoms with Gasteiger partial charge in [-0.05, 0) is 29.5 Å². The molecule has 0 aliphatic carbocycles. The highest BCUT2D eigenvalue weighted by Gasteiger charge is 2.37. The fraction of sp³-hybridized carbons (Fsp3) is 0.240. The van der Waals surface area contributed by atoms with Gasteiger partial charge in [0.1, 0.15) is 10.8 Å². The Labute approximate surface area is 181 Å². The van der Waals surface area contributed by atoms with Crippen LogP contribution in [0.2, 0.25) is 0 Å². The lowest BCUT2D eigenvalue weighted by Crippen LogP contribution is -2.46. The van der Waals surface area contributed by atoms with Gasteiger partial charge in [-0.15, -0.1) is 11.8 Å². The third-order valence-electron chi connectivity index (χ3n) is 5.66. The van der Waals surface area contributed by atoms with Crippen LogP contribution in [0, 0.1) is 5.92 Å². The number of likely N-dealkylation sites (tertiary alicyclic amines) is 1. The molecule has 1 aromatic heterocycles. The average Bonchev–Trinajstić information content (AvgIpc) is 2.81. The maximum Gasteiger partial charge on any atom is 0.256 e. The van der Waals surface area contributed by atoms with Crippen molar-refractivity contribution in [1.82, 2.24) is 9.88 Å². The van der Waals surface area contributed by atoms with Gasteiger partial charge in [-0.3, -0.25) is 9.59 Å². The van der Waals surface area contributed by atoms with Gasteiger partial charge < -0.3 is 4.90 Å². The molecule has 0 bridgehead atoms. The SMILES string of the molecule is CSc1ncccc1C(=O)N1CCC(=O)C(C(c2ccccc2)c2ccccc2)C1. The van der Waals surface area contributed by atoms with Crippen molar-refractivity contribution in [3.63, 3.8) is 0 Å². The number of piperidine rings is 1. The summed E-state index contributed by atoms with van der Waals surface area (Å²) in [6.45, 7) is 0.863. The second kappa shape index (κ2) is 9.26. The molecule has 1 aliphatic rings. The highest BCUT2D eigenvalue weighted by atomic mass is 32.2. The van der Waals surface area contributed by atoms with Gasteiger partial charge in [0.05, 0.1) is 5.56 Å². The first kappa shape index (κ1) is 20.4. The molecule has 5 heteroatoms. The number of hydrogen-bond acceptors (Lipinski definition) is 4. The number of carbonyl (C=O) groups is 2. The van der Waals surface area contributed by atoms with E-state index in [-0.39, 0.29) is 23.5 Å². The Balaban J connectivity index is 1.68. The van der Waals surface area contributed by atoms with Crippen LogP contribution in [-0.2, 0) is 4.79 Å². The lowest BCUT2D eigenvalue weighted by atomic mass is 9.76. The number of thioether (sulfide) groups is 1. The van der Waals surface area contributed by atoms with Crippen LogP contribution in [-0.4, -0.2) is 40.9 Å². The van der Waals surface area contributed by atoms with E-state index in [4.69, 9.17) is 0 Å². The van der Waals surface area contributed by atoms with Crippen molar-refractivity contribution in [3.8, 4) is 0 Å². The Hall–Kier alpha value is -2.92. The Morgan fingerprint density at radius 1 is 1.00 bits per heavy atom. The van der Waals surface area contributed by atoms with Crippen LogP contribution >= 0.6 is 11.8 Å². The first-order valence-corrected chi connectivity index (χ1v) is 11.3. The van der Waals surface area contributed by atoms with Gasteiger partial charge in [0.25, 0.3) is 5.91 Å². The fourth-order valence-corrected chi connectivity index (χ4v) is 4.74. The third kappa shape index (κ3) is 4.17. The first-order valence-electron chi connectivity index (χ1n) is 10.1. The Kier molecular flexibility index (Phi) is 6.29. The molecule has 0 N–H and O–H groups in total. The van der Waals surface area contributed by atoms with Gasteiger partial charge in [0, 0.05) is 37.5 Å². The molecule has 0 spiro atoms. The van der Waals surface area contributed by atoms with Crippen LogP contribution in [0.25, 0.3) is 0 Å². The zero-order valence-corrected chi connectivity index (χ0v) is 17.7. The Morgan fingerprint density at radius 2 is 1.63 bits per heavy atom. The molecule has 4 rings (SSSR count). The largest absolute Gasteiger partial charge is 0.337 e. The number of hydrogen-bond donors (Lipinski definition) is 0. The minimum absolute atomic E-state index is 0.0511. The van der Waals surface area contributed by atoms with Crippen molar-refractivity contribution in [1.29, 1.82) is 0 Å². The molecule has 3 aromatic rings. The maximum absolute atomic E-state index is 13.3. The molecule has 0 saturated carbocycles. The number of benzene rings is 2. The number of pyridine rings is 1. The molecule has 0 radical (unpaired) electrons. The minimum Gasteiger partial charge on any atom is -0.337 e. The molecule has 2 heterocycles. The average molecular weight is 417 g/mol. The van der Waals surface area contributed by atoms with Crippen LogP contribution in [0.1, 0.15) is 33.8 Å². The molecular formula is C25H24N2O2S. The molecule has 152 valence electrons. The van der Waals surface area contributed by atoms with Gasteiger partial charge in [-0.1, -0.05) is 60.7 Å². The second-order valence-corrected chi connectivity index (χ2v) is 8.23. The van der Waals surface area contributed by atoms with Crippen molar-refractivity contribution < 1.29 is 9.59 Å². The smallest absolute Gasteiger partial charge is 0.256 e. The zero-order chi connectivity index (χ0) is 20.9. The highest BCUT2D eigenvalue weighted by Crippen LogP contribution is 2.36. The summed E-state index contributed by atoms with van der Waals surface area (Å²) >= 11 is 1.46. The summed E-state index contributed by atoms with van der Waals surface area (Å²) in [7, 11) is 0. The van der Waals surface area contributed by atoms with E-state index in [1.807, 2.05) is 53.6 Å². The third-order valence-corrected chi connectivity index (χ3v) is 6.37. The number of nitrogens with zero attached hydrogens (tertiary/aromatic N) is 2. The summed E-state index contributed by atoms with van der Waals surface area (Å²) < 4.78 is 0. The molecule has 2 aromatic carbocycles. The second-order valence-electron chi connectivity index (χ2n) is 7.43. The lowest BCUT2D eigenvalue weighted by molar-refractivity contribution is -0.126. The number of amides is 1. The van der Waals surface area contributed by atoms with E-state index in [0.29, 0.717) is 25.1 Å². The molecule has 4 nitrogen and oxygen atoms in total. The van der Waals surface area contributed by atoms with E-state index in [2.05, 4.69) is 29.2 Å². The van der Waals surface area contributed by atoms with Gasteiger partial charge in [-0.2, -0.15) is 0 Å². The van der Waals surface area contributed by atoms with Crippen molar-refractivity contribution in [2.24, 2.45) is 5.92 Å². The molecule has 1 aliphatic heterocycles. The van der Waals surface area contributed by atoms with Crippen molar-refractivity contribution in [2.45, 2.75) is 17.4 Å². The summed E-state index contributed by atoms with van der Waals surface area (Å²) in [6.07, 6.45) is 4.00. The maximum atomic E-state index is 13.3. The number of carbonyl (C=O) groups excluding carboxylic acids is 2. The number of rotatable bonds is 5. The standard InChI is InChI=1S/C25H24N2O2S/c1-30-24-20(13-8-15-26-24)25(29)27-16-14-22(28)21(17-27)23(18-9-4-2-5-10-18)19-11-6-3-7-12-19/h2-13,15,21,23H,14,16-17H2,1H3. The highest BCUT2D eigenvalue weighted by molar-refractivity contribution is 7.98. The number of Topliss-reactive ketones (excluding diaryl/α,β-unsaturated/α-hetero) is 1. The van der Waals surface area contributed by atoms with Gasteiger partial charge in [0.2, 0.25) is 0 Å². The molecule has 1 unspecified atom stereocenters. The van der Waals surface area contributed by atoms with E-state index in [1.165, 1.54) is 11.8 Å². The molecule has 30 heavy (non-hydrogen) atoms. The van der Waals surface area contributed by atoms with Crippen LogP contribution in [0.15, 0.2) is 84.0 Å². The van der Waals surface area contributed by atoms with Crippen LogP contribution in [0.3, 0.4) is 0 Å². The molecule has 1 amide bonds. The molecule has 1 saturated heterocycles. The monoisotopic (exact) mass is 416 g/mol. The van der Waals surface area contributed by atoms with E-state index in [9.17, 15) is 9.59 Å². The van der Waals surface area contributed by atoms with Gasteiger partial charge >= 0.3 is 0 Å². The summed E-state index contributed by atoms with van der Waals surface area (Å²) in [5.41, 5.74) is 2.80. The minimum atomic E-state index is -0.276. The normalized spacial score (nSPS) is 16.7. The quantitative estimate of drug-likeness (QED) is 0.567. The van der Waals surface area contributed by atoms with Crippen LogP contribution in [0.4, 0.5) is 0 Å². The summed E-state index contributed by atoms with van der Waals surface area (Å²) in [6, 6.07) is 23.9. The number of aromatic nitrogens is 1. The molecule has 1 fully saturated rings. The summed E-state index contributed by atoms with van der Waals surface area (Å²) in [4.78, 5) is 32.5. The van der Waals surface area contributed by atoms with E-state index in [0.717, 1.165) is 16.2 Å². The number of ketones is 1. The topological polar surface area (TPSA) is 50.3 Å². The van der Waals surface area contributed by atoms with Crippen molar-refractivity contribution in [3.05, 3.63) is 95.7 Å². The fourth-order valence-electron chi connectivity index (χ4n) is 4.20. The van der Waals surface area contributed by atoms with Crippen molar-refractivity contribution in [2.75, 3.05) is 19.3 Å². The zero-order valence-electron chi connectivity index (χ0n) is 16.9. The van der Waals surface area contributed by atoms with E-state index < -0.39 is 0 Å². The van der Waals surface area contributed by atoms with Gasteiger partial charge in [-0.25, -0.2) is 4.98 Å². The van der Waals surface area contributed by atoms with Crippen molar-refractivity contribution >= 4 is 23.5 Å². The molecular weight excluding hydrogens is 392 g/mol. The summed E-state index contributed by atoms with van der Waals surface area (Å²) in [5.74, 6) is -0.191. The Morgan fingerprint density at radius 3 is 2.23 bits per heavy atom. The van der Waals surface area contributed by atoms with E-state index in [1.54, 1.807) is 12.3 Å².